The minimum absolute atomic E-state index is 0.341. The van der Waals surface area contributed by atoms with Crippen molar-refractivity contribution < 1.29 is 4.74 Å². The van der Waals surface area contributed by atoms with Crippen LogP contribution in [0.25, 0.3) is 0 Å². The maximum atomic E-state index is 5.70. The van der Waals surface area contributed by atoms with E-state index in [-0.39, 0.29) is 0 Å². The molecule has 1 aliphatic heterocycles. The highest BCUT2D eigenvalue weighted by atomic mass is 79.9. The lowest BCUT2D eigenvalue weighted by Gasteiger charge is -2.09. The number of rotatable bonds is 3. The molecular weight excluding hydrogens is 228 g/mol. The highest BCUT2D eigenvalue weighted by Crippen LogP contribution is 2.33. The Kier molecular flexibility index (Phi) is 3.01. The van der Waals surface area contributed by atoms with Gasteiger partial charge in [-0.3, -0.25) is 0 Å². The zero-order valence-corrected chi connectivity index (χ0v) is 9.09. The van der Waals surface area contributed by atoms with Crippen LogP contribution in [0.3, 0.4) is 0 Å². The van der Waals surface area contributed by atoms with Crippen LogP contribution in [0.2, 0.25) is 0 Å². The first-order chi connectivity index (χ1) is 6.42. The Morgan fingerprint density at radius 2 is 2.23 bits per heavy atom. The Balaban J connectivity index is 2.09. The van der Waals surface area contributed by atoms with E-state index in [0.717, 1.165) is 18.4 Å². The summed E-state index contributed by atoms with van der Waals surface area (Å²) in [6.45, 7) is 0.795. The van der Waals surface area contributed by atoms with E-state index in [2.05, 4.69) is 40.2 Å². The number of hydrogen-bond acceptors (Lipinski definition) is 1. The molecule has 1 aromatic carbocycles. The number of fused-ring (bicyclic) bond motifs is 1. The summed E-state index contributed by atoms with van der Waals surface area (Å²) in [7, 11) is 0. The monoisotopic (exact) mass is 240 g/mol. The highest BCUT2D eigenvalue weighted by Gasteiger charge is 2.21. The topological polar surface area (TPSA) is 9.23 Å². The summed E-state index contributed by atoms with van der Waals surface area (Å²) in [6, 6.07) is 8.51. The summed E-state index contributed by atoms with van der Waals surface area (Å²) in [5.74, 6) is 0. The quantitative estimate of drug-likeness (QED) is 0.736. The molecule has 0 spiro atoms. The average molecular weight is 241 g/mol. The van der Waals surface area contributed by atoms with Gasteiger partial charge in [0.05, 0.1) is 12.7 Å². The van der Waals surface area contributed by atoms with E-state index in [1.165, 1.54) is 17.5 Å². The molecular formula is C11H13BrO. The molecule has 1 nitrogen and oxygen atoms in total. The van der Waals surface area contributed by atoms with E-state index in [0.29, 0.717) is 6.10 Å². The molecule has 1 unspecified atom stereocenters. The molecule has 0 N–H and O–H groups in total. The smallest absolute Gasteiger partial charge is 0.0833 e. The Hall–Kier alpha value is -0.340. The minimum atomic E-state index is 0.341. The first kappa shape index (κ1) is 9.22. The minimum Gasteiger partial charge on any atom is -0.369 e. The lowest BCUT2D eigenvalue weighted by molar-refractivity contribution is 0.0599. The van der Waals surface area contributed by atoms with Crippen molar-refractivity contribution in [1.82, 2.24) is 0 Å². The van der Waals surface area contributed by atoms with E-state index < -0.39 is 0 Å². The van der Waals surface area contributed by atoms with Gasteiger partial charge in [-0.15, -0.1) is 0 Å². The van der Waals surface area contributed by atoms with Crippen molar-refractivity contribution in [1.29, 1.82) is 0 Å². The second-order valence-corrected chi connectivity index (χ2v) is 4.12. The molecule has 0 aliphatic carbocycles. The lowest BCUT2D eigenvalue weighted by atomic mass is 10.0. The molecule has 0 radical (unpaired) electrons. The van der Waals surface area contributed by atoms with Crippen LogP contribution in [0.1, 0.15) is 30.1 Å². The molecule has 0 bridgehead atoms. The molecule has 0 aromatic heterocycles. The Morgan fingerprint density at radius 1 is 1.38 bits per heavy atom. The predicted octanol–water partition coefficient (Wildman–Crippen LogP) is 3.43. The van der Waals surface area contributed by atoms with Gasteiger partial charge in [0, 0.05) is 5.33 Å². The zero-order chi connectivity index (χ0) is 9.10. The Labute approximate surface area is 87.2 Å². The van der Waals surface area contributed by atoms with Crippen LogP contribution in [0, 0.1) is 0 Å². The van der Waals surface area contributed by atoms with Crippen molar-refractivity contribution in [2.75, 3.05) is 5.33 Å². The first-order valence-electron chi connectivity index (χ1n) is 4.67. The van der Waals surface area contributed by atoms with Crippen LogP contribution in [0.15, 0.2) is 24.3 Å². The van der Waals surface area contributed by atoms with E-state index in [9.17, 15) is 0 Å². The third-order valence-electron chi connectivity index (χ3n) is 2.44. The lowest BCUT2D eigenvalue weighted by Crippen LogP contribution is -1.95. The van der Waals surface area contributed by atoms with E-state index in [1.54, 1.807) is 0 Å². The number of halogens is 1. The van der Waals surface area contributed by atoms with Crippen molar-refractivity contribution in [3.05, 3.63) is 35.4 Å². The third kappa shape index (κ3) is 1.94. The fraction of sp³-hybridized carbons (Fsp3) is 0.455. The van der Waals surface area contributed by atoms with E-state index >= 15 is 0 Å². The summed E-state index contributed by atoms with van der Waals surface area (Å²) >= 11 is 3.44. The summed E-state index contributed by atoms with van der Waals surface area (Å²) < 4.78 is 5.70. The number of benzene rings is 1. The molecule has 0 amide bonds. The fourth-order valence-corrected chi connectivity index (χ4v) is 2.09. The predicted molar refractivity (Wildman–Crippen MR) is 57.0 cm³/mol. The molecule has 2 heteroatoms. The van der Waals surface area contributed by atoms with Gasteiger partial charge >= 0.3 is 0 Å². The molecule has 0 saturated heterocycles. The van der Waals surface area contributed by atoms with Gasteiger partial charge in [0.25, 0.3) is 0 Å². The van der Waals surface area contributed by atoms with Gasteiger partial charge in [-0.25, -0.2) is 0 Å². The van der Waals surface area contributed by atoms with Gasteiger partial charge in [0.1, 0.15) is 0 Å². The largest absolute Gasteiger partial charge is 0.369 e. The standard InChI is InChI=1S/C11H13BrO/c12-7-3-6-11-10-5-2-1-4-9(10)8-13-11/h1-2,4-5,11H,3,6-8H2. The number of hydrogen-bond donors (Lipinski definition) is 0. The number of ether oxygens (including phenoxy) is 1. The normalized spacial score (nSPS) is 20.2. The average Bonchev–Trinajstić information content (AvgIpc) is 2.58. The summed E-state index contributed by atoms with van der Waals surface area (Å²) in [5.41, 5.74) is 2.76. The van der Waals surface area contributed by atoms with Crippen LogP contribution in [0.4, 0.5) is 0 Å². The highest BCUT2D eigenvalue weighted by molar-refractivity contribution is 9.09. The zero-order valence-electron chi connectivity index (χ0n) is 7.50. The Bertz CT molecular complexity index is 285. The molecule has 0 fully saturated rings. The third-order valence-corrected chi connectivity index (χ3v) is 3.00. The molecule has 2 rings (SSSR count). The van der Waals surface area contributed by atoms with Crippen LogP contribution in [0.5, 0.6) is 0 Å². The van der Waals surface area contributed by atoms with Crippen molar-refractivity contribution in [2.24, 2.45) is 0 Å². The van der Waals surface area contributed by atoms with Crippen LogP contribution in [-0.2, 0) is 11.3 Å². The Morgan fingerprint density at radius 3 is 3.08 bits per heavy atom. The van der Waals surface area contributed by atoms with Gasteiger partial charge in [0.2, 0.25) is 0 Å². The van der Waals surface area contributed by atoms with Gasteiger partial charge in [0.15, 0.2) is 0 Å². The van der Waals surface area contributed by atoms with Crippen LogP contribution >= 0.6 is 15.9 Å². The van der Waals surface area contributed by atoms with Crippen molar-refractivity contribution in [2.45, 2.75) is 25.6 Å². The summed E-state index contributed by atoms with van der Waals surface area (Å²) in [6.07, 6.45) is 2.65. The van der Waals surface area contributed by atoms with Gasteiger partial charge < -0.3 is 4.74 Å². The molecule has 0 saturated carbocycles. The second-order valence-electron chi connectivity index (χ2n) is 3.33. The first-order valence-corrected chi connectivity index (χ1v) is 5.79. The SMILES string of the molecule is BrCCCC1OCc2ccccc21. The summed E-state index contributed by atoms with van der Waals surface area (Å²) in [4.78, 5) is 0. The van der Waals surface area contributed by atoms with E-state index in [4.69, 9.17) is 4.74 Å². The van der Waals surface area contributed by atoms with Crippen molar-refractivity contribution in [3.63, 3.8) is 0 Å². The molecule has 70 valence electrons. The van der Waals surface area contributed by atoms with Crippen LogP contribution < -0.4 is 0 Å². The fourth-order valence-electron chi connectivity index (χ4n) is 1.76. The van der Waals surface area contributed by atoms with Gasteiger partial charge in [-0.2, -0.15) is 0 Å². The van der Waals surface area contributed by atoms with E-state index in [1.807, 2.05) is 0 Å². The van der Waals surface area contributed by atoms with Crippen molar-refractivity contribution >= 4 is 15.9 Å². The maximum absolute atomic E-state index is 5.70. The second kappa shape index (κ2) is 4.25. The molecule has 1 atom stereocenters. The molecule has 13 heavy (non-hydrogen) atoms. The van der Waals surface area contributed by atoms with Crippen LogP contribution in [-0.4, -0.2) is 5.33 Å². The molecule has 1 aliphatic rings. The van der Waals surface area contributed by atoms with Gasteiger partial charge in [-0.1, -0.05) is 40.2 Å². The summed E-state index contributed by atoms with van der Waals surface area (Å²) in [5, 5.41) is 1.06. The molecule has 1 heterocycles. The maximum Gasteiger partial charge on any atom is 0.0833 e. The molecule has 1 aromatic rings. The van der Waals surface area contributed by atoms with Crippen molar-refractivity contribution in [3.8, 4) is 0 Å². The van der Waals surface area contributed by atoms with Gasteiger partial charge in [-0.05, 0) is 24.0 Å². The number of alkyl halides is 1.